The van der Waals surface area contributed by atoms with Crippen molar-refractivity contribution in [3.05, 3.63) is 65.0 Å². The zero-order valence-electron chi connectivity index (χ0n) is 16.1. The molecule has 1 aromatic carbocycles. The lowest BCUT2D eigenvalue weighted by molar-refractivity contribution is 0.0995. The molecule has 0 amide bonds. The first-order valence-corrected chi connectivity index (χ1v) is 10.4. The number of nitrogens with zero attached hydrogens (tertiary/aromatic N) is 3. The Kier molecular flexibility index (Phi) is 4.22. The molecule has 6 nitrogen and oxygen atoms in total. The molecule has 1 atom stereocenters. The SMILES string of the molecule is Cn1ncc(CC(=O)c2c(N)sc3cccnc23)c1-c1ccc2c(c1)C(N)CC2. The van der Waals surface area contributed by atoms with Crippen LogP contribution in [0.3, 0.4) is 0 Å². The zero-order valence-corrected chi connectivity index (χ0v) is 16.9. The van der Waals surface area contributed by atoms with Gasteiger partial charge in [0.05, 0.1) is 32.7 Å². The van der Waals surface area contributed by atoms with Crippen LogP contribution in [0.2, 0.25) is 0 Å². The highest BCUT2D eigenvalue weighted by Crippen LogP contribution is 2.36. The van der Waals surface area contributed by atoms with Gasteiger partial charge >= 0.3 is 0 Å². The highest BCUT2D eigenvalue weighted by molar-refractivity contribution is 7.23. The first-order valence-electron chi connectivity index (χ1n) is 9.58. The maximum absolute atomic E-state index is 13.2. The average Bonchev–Trinajstić information content (AvgIpc) is 3.36. The van der Waals surface area contributed by atoms with E-state index in [0.29, 0.717) is 16.1 Å². The number of aryl methyl sites for hydroxylation is 2. The average molecular weight is 404 g/mol. The summed E-state index contributed by atoms with van der Waals surface area (Å²) in [6.07, 6.45) is 5.67. The van der Waals surface area contributed by atoms with Crippen molar-refractivity contribution in [3.8, 4) is 11.3 Å². The standard InChI is InChI=1S/C22H21N5OS/c1-27-21(13-5-4-12-6-7-16(23)15(12)9-13)14(11-26-27)10-17(28)19-20-18(29-22(19)24)3-2-8-25-20/h2-5,8-9,11,16H,6-7,10,23-24H2,1H3. The molecule has 3 heterocycles. The van der Waals surface area contributed by atoms with Gasteiger partial charge in [-0.3, -0.25) is 14.5 Å². The number of carbonyl (C=O) groups excluding carboxylic acids is 1. The van der Waals surface area contributed by atoms with E-state index < -0.39 is 0 Å². The number of benzene rings is 1. The third kappa shape index (κ3) is 2.94. The number of nitrogens with two attached hydrogens (primary N) is 2. The third-order valence-corrected chi connectivity index (χ3v) is 6.64. The van der Waals surface area contributed by atoms with Gasteiger partial charge in [-0.05, 0) is 42.2 Å². The summed E-state index contributed by atoms with van der Waals surface area (Å²) in [7, 11) is 1.90. The smallest absolute Gasteiger partial charge is 0.172 e. The molecule has 0 bridgehead atoms. The normalized spacial score (nSPS) is 15.7. The van der Waals surface area contributed by atoms with Crippen molar-refractivity contribution in [2.75, 3.05) is 5.73 Å². The molecule has 1 aliphatic carbocycles. The summed E-state index contributed by atoms with van der Waals surface area (Å²) in [4.78, 5) is 17.5. The summed E-state index contributed by atoms with van der Waals surface area (Å²) in [5.41, 5.74) is 19.0. The Morgan fingerprint density at radius 2 is 2.21 bits per heavy atom. The molecule has 4 aromatic rings. The molecule has 3 aromatic heterocycles. The highest BCUT2D eigenvalue weighted by Gasteiger charge is 2.23. The molecule has 7 heteroatoms. The molecule has 4 N–H and O–H groups in total. The van der Waals surface area contributed by atoms with Gasteiger partial charge in [-0.15, -0.1) is 11.3 Å². The summed E-state index contributed by atoms with van der Waals surface area (Å²) >= 11 is 1.40. The van der Waals surface area contributed by atoms with Gasteiger partial charge in [0.2, 0.25) is 0 Å². The molecule has 29 heavy (non-hydrogen) atoms. The van der Waals surface area contributed by atoms with Crippen molar-refractivity contribution < 1.29 is 4.79 Å². The number of hydrogen-bond acceptors (Lipinski definition) is 6. The largest absolute Gasteiger partial charge is 0.390 e. The first kappa shape index (κ1) is 18.0. The van der Waals surface area contributed by atoms with E-state index in [1.165, 1.54) is 22.5 Å². The number of Topliss-reactive ketones (excluding diaryl/α,β-unsaturated/α-hetero) is 1. The van der Waals surface area contributed by atoms with Gasteiger partial charge in [-0.1, -0.05) is 12.1 Å². The molecule has 0 aliphatic heterocycles. The number of hydrogen-bond donors (Lipinski definition) is 2. The number of rotatable bonds is 4. The topological polar surface area (TPSA) is 99.8 Å². The number of carbonyl (C=O) groups is 1. The van der Waals surface area contributed by atoms with E-state index in [9.17, 15) is 4.79 Å². The molecule has 0 radical (unpaired) electrons. The van der Waals surface area contributed by atoms with E-state index in [1.807, 2.05) is 23.9 Å². The third-order valence-electron chi connectivity index (χ3n) is 5.66. The van der Waals surface area contributed by atoms with Crippen molar-refractivity contribution >= 4 is 32.3 Å². The fraction of sp³-hybridized carbons (Fsp3) is 0.227. The van der Waals surface area contributed by atoms with E-state index >= 15 is 0 Å². The fourth-order valence-electron chi connectivity index (χ4n) is 4.24. The molecule has 1 unspecified atom stereocenters. The van der Waals surface area contributed by atoms with Crippen molar-refractivity contribution in [1.29, 1.82) is 0 Å². The van der Waals surface area contributed by atoms with Crippen molar-refractivity contribution in [2.24, 2.45) is 12.8 Å². The molecule has 0 saturated heterocycles. The summed E-state index contributed by atoms with van der Waals surface area (Å²) < 4.78 is 2.74. The fourth-order valence-corrected chi connectivity index (χ4v) is 5.19. The summed E-state index contributed by atoms with van der Waals surface area (Å²) in [5, 5.41) is 4.93. The van der Waals surface area contributed by atoms with Gasteiger partial charge in [0.25, 0.3) is 0 Å². The van der Waals surface area contributed by atoms with Gasteiger partial charge in [0.1, 0.15) is 0 Å². The van der Waals surface area contributed by atoms with Crippen LogP contribution in [-0.4, -0.2) is 20.5 Å². The number of anilines is 1. The van der Waals surface area contributed by atoms with Crippen LogP contribution in [0.5, 0.6) is 0 Å². The van der Waals surface area contributed by atoms with E-state index in [0.717, 1.165) is 34.4 Å². The van der Waals surface area contributed by atoms with Crippen molar-refractivity contribution in [2.45, 2.75) is 25.3 Å². The summed E-state index contributed by atoms with van der Waals surface area (Å²) in [6, 6.07) is 10.2. The number of aromatic nitrogens is 3. The van der Waals surface area contributed by atoms with Crippen LogP contribution in [-0.2, 0) is 19.9 Å². The lowest BCUT2D eigenvalue weighted by Gasteiger charge is -2.11. The Morgan fingerprint density at radius 1 is 1.34 bits per heavy atom. The van der Waals surface area contributed by atoms with Gasteiger partial charge in [0, 0.05) is 36.8 Å². The monoisotopic (exact) mass is 403 g/mol. The quantitative estimate of drug-likeness (QED) is 0.507. The minimum absolute atomic E-state index is 0.0421. The van der Waals surface area contributed by atoms with Crippen molar-refractivity contribution in [1.82, 2.24) is 14.8 Å². The Hall–Kier alpha value is -3.03. The van der Waals surface area contributed by atoms with Crippen molar-refractivity contribution in [3.63, 3.8) is 0 Å². The van der Waals surface area contributed by atoms with E-state index in [-0.39, 0.29) is 18.2 Å². The minimum Gasteiger partial charge on any atom is -0.390 e. The number of ketones is 1. The maximum atomic E-state index is 13.2. The molecule has 0 saturated carbocycles. The Balaban J connectivity index is 1.53. The molecule has 5 rings (SSSR count). The van der Waals surface area contributed by atoms with E-state index in [4.69, 9.17) is 11.5 Å². The Bertz CT molecular complexity index is 1260. The van der Waals surface area contributed by atoms with Gasteiger partial charge in [-0.2, -0.15) is 5.10 Å². The zero-order chi connectivity index (χ0) is 20.1. The number of pyridine rings is 1. The van der Waals surface area contributed by atoms with Crippen LogP contribution in [0.15, 0.2) is 42.7 Å². The molecule has 0 fully saturated rings. The number of nitrogen functional groups attached to an aromatic ring is 1. The van der Waals surface area contributed by atoms with Crippen LogP contribution >= 0.6 is 11.3 Å². The van der Waals surface area contributed by atoms with Crippen LogP contribution in [0.4, 0.5) is 5.00 Å². The predicted octanol–water partition coefficient (Wildman–Crippen LogP) is 3.65. The van der Waals surface area contributed by atoms with Gasteiger partial charge < -0.3 is 11.5 Å². The lowest BCUT2D eigenvalue weighted by atomic mass is 9.97. The Morgan fingerprint density at radius 3 is 3.07 bits per heavy atom. The predicted molar refractivity (Wildman–Crippen MR) is 116 cm³/mol. The maximum Gasteiger partial charge on any atom is 0.172 e. The second-order valence-electron chi connectivity index (χ2n) is 7.49. The van der Waals surface area contributed by atoms with E-state index in [2.05, 4.69) is 28.3 Å². The van der Waals surface area contributed by atoms with Gasteiger partial charge in [-0.25, -0.2) is 0 Å². The number of fused-ring (bicyclic) bond motifs is 2. The van der Waals surface area contributed by atoms with Crippen LogP contribution in [0, 0.1) is 0 Å². The van der Waals surface area contributed by atoms with Crippen LogP contribution in [0.25, 0.3) is 21.5 Å². The Labute approximate surface area is 172 Å². The number of thiophene rings is 1. The minimum atomic E-state index is -0.0421. The molecular weight excluding hydrogens is 382 g/mol. The first-order chi connectivity index (χ1) is 14.0. The lowest BCUT2D eigenvalue weighted by Crippen LogP contribution is -2.08. The van der Waals surface area contributed by atoms with Gasteiger partial charge in [0.15, 0.2) is 5.78 Å². The summed E-state index contributed by atoms with van der Waals surface area (Å²) in [6.45, 7) is 0. The molecular formula is C22H21N5OS. The molecule has 1 aliphatic rings. The molecule has 146 valence electrons. The van der Waals surface area contributed by atoms with E-state index in [1.54, 1.807) is 12.4 Å². The second-order valence-corrected chi connectivity index (χ2v) is 8.58. The van der Waals surface area contributed by atoms with Crippen LogP contribution in [0.1, 0.15) is 39.5 Å². The summed E-state index contributed by atoms with van der Waals surface area (Å²) in [5.74, 6) is -0.0421. The molecule has 0 spiro atoms. The second kappa shape index (κ2) is 6.79. The van der Waals surface area contributed by atoms with Crippen LogP contribution < -0.4 is 11.5 Å². The highest BCUT2D eigenvalue weighted by atomic mass is 32.1.